The molecule has 1 aromatic carbocycles. The first-order valence-corrected chi connectivity index (χ1v) is 9.29. The Bertz CT molecular complexity index is 641. The van der Waals surface area contributed by atoms with Crippen LogP contribution in [0.3, 0.4) is 0 Å². The van der Waals surface area contributed by atoms with E-state index in [1.165, 1.54) is 31.4 Å². The Hall–Kier alpha value is -1.49. The molecule has 1 aliphatic carbocycles. The number of piperidine rings is 1. The highest BCUT2D eigenvalue weighted by molar-refractivity contribution is 5.76. The number of nitrogens with one attached hydrogen (secondary N) is 1. The van der Waals surface area contributed by atoms with Crippen LogP contribution in [0, 0.1) is 17.0 Å². The van der Waals surface area contributed by atoms with Gasteiger partial charge in [0.05, 0.1) is 0 Å². The molecule has 0 radical (unpaired) electrons. The first-order valence-electron chi connectivity index (χ1n) is 9.29. The Morgan fingerprint density at radius 1 is 1.20 bits per heavy atom. The summed E-state index contributed by atoms with van der Waals surface area (Å²) >= 11 is 0. The van der Waals surface area contributed by atoms with E-state index >= 15 is 0 Å². The van der Waals surface area contributed by atoms with Crippen molar-refractivity contribution in [1.29, 1.82) is 0 Å². The number of likely N-dealkylation sites (tertiary alicyclic amines) is 1. The minimum Gasteiger partial charge on any atom is -0.355 e. The van der Waals surface area contributed by atoms with Crippen LogP contribution in [0.25, 0.3) is 0 Å². The molecule has 1 unspecified atom stereocenters. The van der Waals surface area contributed by atoms with Gasteiger partial charge >= 0.3 is 0 Å². The zero-order chi connectivity index (χ0) is 18.1. The number of carbonyl (C=O) groups is 1. The van der Waals surface area contributed by atoms with Crippen molar-refractivity contribution >= 4 is 5.91 Å². The molecule has 25 heavy (non-hydrogen) atoms. The van der Waals surface area contributed by atoms with Crippen molar-refractivity contribution in [2.75, 3.05) is 26.2 Å². The van der Waals surface area contributed by atoms with Crippen molar-refractivity contribution in [3.05, 3.63) is 35.4 Å². The van der Waals surface area contributed by atoms with Gasteiger partial charge in [-0.3, -0.25) is 4.79 Å². The van der Waals surface area contributed by atoms with Crippen LogP contribution in [-0.2, 0) is 10.2 Å². The standard InChI is InChI=1S/C20H28F2N2O/c1-19(2)13-20(19,16-7-6-15(21)12-17(16)22)14-23-18(25)8-11-24-9-4-3-5-10-24/h6-7,12H,3-5,8-11,13-14H2,1-2H3,(H,23,25). The van der Waals surface area contributed by atoms with Crippen molar-refractivity contribution in [2.45, 2.75) is 51.4 Å². The monoisotopic (exact) mass is 350 g/mol. The van der Waals surface area contributed by atoms with Crippen LogP contribution in [0.1, 0.15) is 51.5 Å². The Morgan fingerprint density at radius 3 is 2.48 bits per heavy atom. The molecule has 1 saturated carbocycles. The van der Waals surface area contributed by atoms with Gasteiger partial charge in [0.15, 0.2) is 0 Å². The van der Waals surface area contributed by atoms with Crippen LogP contribution in [0.5, 0.6) is 0 Å². The second-order valence-corrected chi connectivity index (χ2v) is 8.20. The van der Waals surface area contributed by atoms with Gasteiger partial charge in [-0.15, -0.1) is 0 Å². The summed E-state index contributed by atoms with van der Waals surface area (Å²) in [5.74, 6) is -1.08. The van der Waals surface area contributed by atoms with Crippen molar-refractivity contribution in [2.24, 2.45) is 5.41 Å². The quantitative estimate of drug-likeness (QED) is 0.850. The van der Waals surface area contributed by atoms with Crippen LogP contribution in [0.2, 0.25) is 0 Å². The minimum absolute atomic E-state index is 0.00942. The minimum atomic E-state index is -0.569. The molecule has 1 N–H and O–H groups in total. The summed E-state index contributed by atoms with van der Waals surface area (Å²) in [4.78, 5) is 14.6. The van der Waals surface area contributed by atoms with E-state index in [9.17, 15) is 13.6 Å². The lowest BCUT2D eigenvalue weighted by Crippen LogP contribution is -2.38. The Morgan fingerprint density at radius 2 is 1.88 bits per heavy atom. The number of halogens is 2. The van der Waals surface area contributed by atoms with Gasteiger partial charge in [-0.2, -0.15) is 0 Å². The second kappa shape index (κ2) is 7.02. The highest BCUT2D eigenvalue weighted by Crippen LogP contribution is 2.64. The van der Waals surface area contributed by atoms with E-state index in [0.29, 0.717) is 18.5 Å². The van der Waals surface area contributed by atoms with Crippen LogP contribution in [-0.4, -0.2) is 37.0 Å². The van der Waals surface area contributed by atoms with Gasteiger partial charge in [0.25, 0.3) is 0 Å². The predicted molar refractivity (Wildman–Crippen MR) is 94.4 cm³/mol. The molecule has 1 saturated heterocycles. The Balaban J connectivity index is 1.58. The van der Waals surface area contributed by atoms with Crippen molar-refractivity contribution in [1.82, 2.24) is 10.2 Å². The number of nitrogens with zero attached hydrogens (tertiary/aromatic N) is 1. The van der Waals surface area contributed by atoms with Crippen LogP contribution >= 0.6 is 0 Å². The first kappa shape index (κ1) is 18.3. The molecule has 3 nitrogen and oxygen atoms in total. The molecule has 1 amide bonds. The zero-order valence-electron chi connectivity index (χ0n) is 15.2. The molecule has 1 atom stereocenters. The van der Waals surface area contributed by atoms with Gasteiger partial charge in [-0.05, 0) is 49.4 Å². The molecule has 1 aromatic rings. The van der Waals surface area contributed by atoms with Gasteiger partial charge in [-0.1, -0.05) is 26.3 Å². The maximum atomic E-state index is 14.3. The fourth-order valence-electron chi connectivity index (χ4n) is 4.23. The number of hydrogen-bond acceptors (Lipinski definition) is 2. The summed E-state index contributed by atoms with van der Waals surface area (Å²) in [6.07, 6.45) is 4.96. The lowest BCUT2D eigenvalue weighted by molar-refractivity contribution is -0.121. The van der Waals surface area contributed by atoms with E-state index in [4.69, 9.17) is 0 Å². The molecule has 5 heteroatoms. The first-order chi connectivity index (χ1) is 11.8. The topological polar surface area (TPSA) is 32.3 Å². The number of rotatable bonds is 6. The molecule has 0 bridgehead atoms. The third-order valence-electron chi connectivity index (χ3n) is 6.05. The Labute approximate surface area is 148 Å². The normalized spacial score (nSPS) is 25.6. The number of carbonyl (C=O) groups excluding carboxylic acids is 1. The third kappa shape index (κ3) is 3.86. The molecule has 3 rings (SSSR count). The van der Waals surface area contributed by atoms with Gasteiger partial charge in [0.2, 0.25) is 5.91 Å². The van der Waals surface area contributed by atoms with Crippen molar-refractivity contribution in [3.63, 3.8) is 0 Å². The van der Waals surface area contributed by atoms with Crippen LogP contribution in [0.15, 0.2) is 18.2 Å². The fraction of sp³-hybridized carbons (Fsp3) is 0.650. The summed E-state index contributed by atoms with van der Waals surface area (Å²) < 4.78 is 27.5. The van der Waals surface area contributed by atoms with E-state index in [2.05, 4.69) is 24.1 Å². The van der Waals surface area contributed by atoms with E-state index < -0.39 is 17.0 Å². The second-order valence-electron chi connectivity index (χ2n) is 8.20. The highest BCUT2D eigenvalue weighted by atomic mass is 19.1. The molecule has 1 heterocycles. The summed E-state index contributed by atoms with van der Waals surface area (Å²) in [5.41, 5.74) is -0.0348. The van der Waals surface area contributed by atoms with Gasteiger partial charge in [0.1, 0.15) is 11.6 Å². The average Bonchev–Trinajstić information content (AvgIpc) is 3.14. The van der Waals surface area contributed by atoms with Gasteiger partial charge < -0.3 is 10.2 Å². The Kier molecular flexibility index (Phi) is 5.14. The highest BCUT2D eigenvalue weighted by Gasteiger charge is 2.62. The average molecular weight is 350 g/mol. The lowest BCUT2D eigenvalue weighted by Gasteiger charge is -2.26. The molecular weight excluding hydrogens is 322 g/mol. The lowest BCUT2D eigenvalue weighted by atomic mass is 9.87. The number of amides is 1. The summed E-state index contributed by atoms with van der Waals surface area (Å²) in [5, 5.41) is 2.99. The van der Waals surface area contributed by atoms with Gasteiger partial charge in [0, 0.05) is 31.0 Å². The maximum Gasteiger partial charge on any atom is 0.221 e. The van der Waals surface area contributed by atoms with Crippen LogP contribution < -0.4 is 5.32 Å². The maximum absolute atomic E-state index is 14.3. The van der Waals surface area contributed by atoms with Gasteiger partial charge in [-0.25, -0.2) is 8.78 Å². The molecular formula is C20H28F2N2O. The molecule has 0 aromatic heterocycles. The van der Waals surface area contributed by atoms with E-state index in [1.807, 2.05) is 0 Å². The summed E-state index contributed by atoms with van der Waals surface area (Å²) in [7, 11) is 0. The smallest absolute Gasteiger partial charge is 0.221 e. The molecule has 0 spiro atoms. The molecule has 2 aliphatic rings. The number of benzene rings is 1. The van der Waals surface area contributed by atoms with E-state index in [-0.39, 0.29) is 11.3 Å². The molecule has 138 valence electrons. The molecule has 2 fully saturated rings. The van der Waals surface area contributed by atoms with E-state index in [0.717, 1.165) is 32.1 Å². The number of hydrogen-bond donors (Lipinski definition) is 1. The fourth-order valence-corrected chi connectivity index (χ4v) is 4.23. The summed E-state index contributed by atoms with van der Waals surface area (Å²) in [6, 6.07) is 3.76. The summed E-state index contributed by atoms with van der Waals surface area (Å²) in [6.45, 7) is 7.47. The SMILES string of the molecule is CC1(C)CC1(CNC(=O)CCN1CCCCC1)c1ccc(F)cc1F. The van der Waals surface area contributed by atoms with Crippen molar-refractivity contribution < 1.29 is 13.6 Å². The molecule has 1 aliphatic heterocycles. The van der Waals surface area contributed by atoms with Crippen molar-refractivity contribution in [3.8, 4) is 0 Å². The van der Waals surface area contributed by atoms with Crippen LogP contribution in [0.4, 0.5) is 8.78 Å². The zero-order valence-corrected chi connectivity index (χ0v) is 15.2. The van der Waals surface area contributed by atoms with E-state index in [1.54, 1.807) is 0 Å². The third-order valence-corrected chi connectivity index (χ3v) is 6.05. The largest absolute Gasteiger partial charge is 0.355 e. The predicted octanol–water partition coefficient (Wildman–Crippen LogP) is 3.62.